The predicted octanol–water partition coefficient (Wildman–Crippen LogP) is 4.19. The molecule has 3 nitrogen and oxygen atoms in total. The fraction of sp³-hybridized carbons (Fsp3) is 0.188. The van der Waals surface area contributed by atoms with Crippen molar-refractivity contribution < 1.29 is 0 Å². The first-order valence-corrected chi connectivity index (χ1v) is 7.30. The molecule has 0 fully saturated rings. The van der Waals surface area contributed by atoms with Crippen LogP contribution in [0.5, 0.6) is 0 Å². The number of fused-ring (bicyclic) bond motifs is 1. The third-order valence-electron chi connectivity index (χ3n) is 3.52. The number of benzene rings is 2. The summed E-state index contributed by atoms with van der Waals surface area (Å²) in [6.07, 6.45) is 0. The van der Waals surface area contributed by atoms with E-state index >= 15 is 0 Å². The monoisotopic (exact) mass is 327 g/mol. The van der Waals surface area contributed by atoms with Crippen molar-refractivity contribution in [3.63, 3.8) is 0 Å². The van der Waals surface area contributed by atoms with Gasteiger partial charge in [0.05, 0.1) is 23.0 Å². The second-order valence-electron chi connectivity index (χ2n) is 4.85. The van der Waals surface area contributed by atoms with Crippen LogP contribution in [0.3, 0.4) is 0 Å². The van der Waals surface area contributed by atoms with E-state index in [0.717, 1.165) is 28.9 Å². The normalized spacial score (nSPS) is 13.3. The number of nitrogens with zero attached hydrogens (tertiary/aromatic N) is 2. The number of anilines is 3. The average molecular weight is 328 g/mol. The van der Waals surface area contributed by atoms with Crippen LogP contribution in [0, 0.1) is 18.3 Å². The fourth-order valence-corrected chi connectivity index (χ4v) is 3.05. The number of nitrogens with one attached hydrogen (secondary N) is 1. The maximum absolute atomic E-state index is 9.00. The third kappa shape index (κ3) is 2.25. The number of rotatable bonds is 1. The molecule has 1 heterocycles. The zero-order valence-corrected chi connectivity index (χ0v) is 12.7. The highest BCUT2D eigenvalue weighted by molar-refractivity contribution is 9.10. The Morgan fingerprint density at radius 3 is 2.75 bits per heavy atom. The summed E-state index contributed by atoms with van der Waals surface area (Å²) in [4.78, 5) is 2.30. The van der Waals surface area contributed by atoms with Gasteiger partial charge in [-0.1, -0.05) is 15.9 Å². The molecule has 0 spiro atoms. The summed E-state index contributed by atoms with van der Waals surface area (Å²) in [5.41, 5.74) is 5.28. The first-order chi connectivity index (χ1) is 9.69. The Balaban J connectivity index is 2.08. The van der Waals surface area contributed by atoms with Gasteiger partial charge < -0.3 is 10.2 Å². The van der Waals surface area contributed by atoms with Crippen molar-refractivity contribution in [2.75, 3.05) is 23.3 Å². The SMILES string of the molecule is Cc1cc(Br)ccc1N1CCNc2cc(C#N)ccc21. The summed E-state index contributed by atoms with van der Waals surface area (Å²) in [7, 11) is 0. The Morgan fingerprint density at radius 1 is 1.20 bits per heavy atom. The quantitative estimate of drug-likeness (QED) is 0.853. The fourth-order valence-electron chi connectivity index (χ4n) is 2.58. The molecule has 0 saturated heterocycles. The summed E-state index contributed by atoms with van der Waals surface area (Å²) in [6.45, 7) is 3.91. The lowest BCUT2D eigenvalue weighted by Crippen LogP contribution is -2.30. The van der Waals surface area contributed by atoms with Crippen molar-refractivity contribution in [3.8, 4) is 6.07 Å². The highest BCUT2D eigenvalue weighted by Gasteiger charge is 2.19. The number of hydrogen-bond donors (Lipinski definition) is 1. The van der Waals surface area contributed by atoms with Gasteiger partial charge in [0.25, 0.3) is 0 Å². The van der Waals surface area contributed by atoms with Gasteiger partial charge in [0, 0.05) is 23.2 Å². The lowest BCUT2D eigenvalue weighted by molar-refractivity contribution is 0.922. The molecular formula is C16H14BrN3. The molecule has 1 aliphatic heterocycles. The Hall–Kier alpha value is -1.99. The second-order valence-corrected chi connectivity index (χ2v) is 5.77. The van der Waals surface area contributed by atoms with E-state index in [9.17, 15) is 0 Å². The molecule has 0 aromatic heterocycles. The minimum absolute atomic E-state index is 0.686. The van der Waals surface area contributed by atoms with Crippen molar-refractivity contribution in [3.05, 3.63) is 52.0 Å². The van der Waals surface area contributed by atoms with E-state index in [2.05, 4.69) is 57.3 Å². The van der Waals surface area contributed by atoms with Gasteiger partial charge >= 0.3 is 0 Å². The topological polar surface area (TPSA) is 39.1 Å². The van der Waals surface area contributed by atoms with Crippen LogP contribution >= 0.6 is 15.9 Å². The lowest BCUT2D eigenvalue weighted by atomic mass is 10.1. The Morgan fingerprint density at radius 2 is 2.00 bits per heavy atom. The average Bonchev–Trinajstić information content (AvgIpc) is 2.46. The van der Waals surface area contributed by atoms with Crippen molar-refractivity contribution in [2.24, 2.45) is 0 Å². The second kappa shape index (κ2) is 5.18. The van der Waals surface area contributed by atoms with E-state index in [-0.39, 0.29) is 0 Å². The Bertz CT molecular complexity index is 703. The van der Waals surface area contributed by atoms with Gasteiger partial charge in [0.2, 0.25) is 0 Å². The maximum atomic E-state index is 9.00. The highest BCUT2D eigenvalue weighted by Crippen LogP contribution is 2.37. The van der Waals surface area contributed by atoms with Crippen LogP contribution in [0.2, 0.25) is 0 Å². The van der Waals surface area contributed by atoms with Crippen molar-refractivity contribution >= 4 is 33.0 Å². The number of halogens is 1. The van der Waals surface area contributed by atoms with Crippen LogP contribution in [0.4, 0.5) is 17.1 Å². The van der Waals surface area contributed by atoms with Crippen molar-refractivity contribution in [1.82, 2.24) is 0 Å². The van der Waals surface area contributed by atoms with Crippen molar-refractivity contribution in [1.29, 1.82) is 5.26 Å². The standard InChI is InChI=1S/C16H14BrN3/c1-11-8-13(17)3-5-15(11)20-7-6-19-14-9-12(10-18)2-4-16(14)20/h2-5,8-9,19H,6-7H2,1H3. The van der Waals surface area contributed by atoms with Gasteiger partial charge in [-0.3, -0.25) is 0 Å². The molecule has 0 saturated carbocycles. The van der Waals surface area contributed by atoms with Crippen LogP contribution in [0.15, 0.2) is 40.9 Å². The Kier molecular flexibility index (Phi) is 3.37. The molecule has 0 unspecified atom stereocenters. The summed E-state index contributed by atoms with van der Waals surface area (Å²) in [5.74, 6) is 0. The minimum atomic E-state index is 0.686. The van der Waals surface area contributed by atoms with Crippen LogP contribution in [0.25, 0.3) is 0 Å². The van der Waals surface area contributed by atoms with E-state index < -0.39 is 0 Å². The zero-order chi connectivity index (χ0) is 14.1. The number of aryl methyl sites for hydroxylation is 1. The smallest absolute Gasteiger partial charge is 0.0992 e. The molecule has 1 N–H and O–H groups in total. The van der Waals surface area contributed by atoms with E-state index in [1.807, 2.05) is 18.2 Å². The molecule has 4 heteroatoms. The number of nitriles is 1. The molecule has 0 atom stereocenters. The molecule has 2 aromatic rings. The first kappa shape index (κ1) is 13.0. The third-order valence-corrected chi connectivity index (χ3v) is 4.01. The van der Waals surface area contributed by atoms with Gasteiger partial charge in [-0.2, -0.15) is 5.26 Å². The van der Waals surface area contributed by atoms with Gasteiger partial charge in [-0.25, -0.2) is 0 Å². The van der Waals surface area contributed by atoms with Gasteiger partial charge in [0.1, 0.15) is 0 Å². The first-order valence-electron chi connectivity index (χ1n) is 6.51. The molecule has 0 aliphatic carbocycles. The van der Waals surface area contributed by atoms with Gasteiger partial charge in [0.15, 0.2) is 0 Å². The van der Waals surface area contributed by atoms with Crippen LogP contribution < -0.4 is 10.2 Å². The van der Waals surface area contributed by atoms with E-state index in [1.165, 1.54) is 11.3 Å². The zero-order valence-electron chi connectivity index (χ0n) is 11.2. The largest absolute Gasteiger partial charge is 0.382 e. The molecule has 3 rings (SSSR count). The van der Waals surface area contributed by atoms with Gasteiger partial charge in [-0.05, 0) is 48.9 Å². The molecule has 100 valence electrons. The van der Waals surface area contributed by atoms with Crippen molar-refractivity contribution in [2.45, 2.75) is 6.92 Å². The summed E-state index contributed by atoms with van der Waals surface area (Å²) >= 11 is 3.50. The van der Waals surface area contributed by atoms with Crippen LogP contribution in [0.1, 0.15) is 11.1 Å². The molecule has 0 bridgehead atoms. The number of hydrogen-bond acceptors (Lipinski definition) is 3. The van der Waals surface area contributed by atoms with Gasteiger partial charge in [-0.15, -0.1) is 0 Å². The summed E-state index contributed by atoms with van der Waals surface area (Å²) in [6, 6.07) is 14.3. The minimum Gasteiger partial charge on any atom is -0.382 e. The molecule has 1 aliphatic rings. The van der Waals surface area contributed by atoms with E-state index in [4.69, 9.17) is 5.26 Å². The highest BCUT2D eigenvalue weighted by atomic mass is 79.9. The summed E-state index contributed by atoms with van der Waals surface area (Å²) in [5, 5.41) is 12.4. The molecule has 0 radical (unpaired) electrons. The molecular weight excluding hydrogens is 314 g/mol. The van der Waals surface area contributed by atoms with E-state index in [1.54, 1.807) is 0 Å². The Labute approximate surface area is 127 Å². The molecule has 20 heavy (non-hydrogen) atoms. The van der Waals surface area contributed by atoms with E-state index in [0.29, 0.717) is 5.56 Å². The summed E-state index contributed by atoms with van der Waals surface area (Å²) < 4.78 is 1.09. The molecule has 0 amide bonds. The van der Waals surface area contributed by atoms with Crippen LogP contribution in [-0.2, 0) is 0 Å². The maximum Gasteiger partial charge on any atom is 0.0992 e. The van der Waals surface area contributed by atoms with Crippen LogP contribution in [-0.4, -0.2) is 13.1 Å². The lowest BCUT2D eigenvalue weighted by Gasteiger charge is -2.33. The molecule has 2 aromatic carbocycles. The predicted molar refractivity (Wildman–Crippen MR) is 85.5 cm³/mol.